The summed E-state index contributed by atoms with van der Waals surface area (Å²) in [5, 5.41) is 14.4. The Bertz CT molecular complexity index is 570. The van der Waals surface area contributed by atoms with Crippen LogP contribution >= 0.6 is 0 Å². The number of fused-ring (bicyclic) bond motifs is 1. The van der Waals surface area contributed by atoms with Gasteiger partial charge in [-0.15, -0.1) is 0 Å². The lowest BCUT2D eigenvalue weighted by Crippen LogP contribution is -2.02. The van der Waals surface area contributed by atoms with E-state index in [9.17, 15) is 4.79 Å². The summed E-state index contributed by atoms with van der Waals surface area (Å²) in [7, 11) is 1.86. The van der Waals surface area contributed by atoms with Gasteiger partial charge in [0.05, 0.1) is 17.6 Å². The minimum atomic E-state index is -0.815. The van der Waals surface area contributed by atoms with E-state index in [0.717, 1.165) is 22.2 Å². The zero-order chi connectivity index (χ0) is 12.6. The Labute approximate surface area is 99.9 Å². The second kappa shape index (κ2) is 4.20. The summed E-state index contributed by atoms with van der Waals surface area (Å²) in [4.78, 5) is 10.8. The molecule has 0 spiro atoms. The highest BCUT2D eigenvalue weighted by Crippen LogP contribution is 2.26. The molecule has 0 saturated carbocycles. The van der Waals surface area contributed by atoms with Gasteiger partial charge < -0.3 is 5.11 Å². The molecular weight excluding hydrogens is 216 g/mol. The van der Waals surface area contributed by atoms with Gasteiger partial charge in [0.1, 0.15) is 0 Å². The van der Waals surface area contributed by atoms with Crippen LogP contribution in [0.5, 0.6) is 0 Å². The molecule has 0 atom stereocenters. The molecule has 1 N–H and O–H groups in total. The van der Waals surface area contributed by atoms with Crippen molar-refractivity contribution in [1.82, 2.24) is 9.78 Å². The molecule has 4 heteroatoms. The minimum Gasteiger partial charge on any atom is -0.481 e. The first kappa shape index (κ1) is 11.6. The third-order valence-electron chi connectivity index (χ3n) is 2.87. The van der Waals surface area contributed by atoms with Crippen LogP contribution in [0, 0.1) is 0 Å². The molecular formula is C13H16N2O2. The van der Waals surface area contributed by atoms with Gasteiger partial charge in [0, 0.05) is 12.4 Å². The smallest absolute Gasteiger partial charge is 0.307 e. The van der Waals surface area contributed by atoms with E-state index >= 15 is 0 Å². The van der Waals surface area contributed by atoms with E-state index in [1.54, 1.807) is 4.68 Å². The minimum absolute atomic E-state index is 0.0361. The van der Waals surface area contributed by atoms with Crippen molar-refractivity contribution >= 4 is 16.9 Å². The first-order valence-electron chi connectivity index (χ1n) is 5.67. The Morgan fingerprint density at radius 1 is 1.47 bits per heavy atom. The maximum Gasteiger partial charge on any atom is 0.307 e. The second-order valence-corrected chi connectivity index (χ2v) is 4.55. The largest absolute Gasteiger partial charge is 0.481 e. The van der Waals surface area contributed by atoms with Crippen molar-refractivity contribution in [3.8, 4) is 0 Å². The van der Waals surface area contributed by atoms with E-state index in [1.165, 1.54) is 0 Å². The van der Waals surface area contributed by atoms with Crippen molar-refractivity contribution in [1.29, 1.82) is 0 Å². The van der Waals surface area contributed by atoms with E-state index in [4.69, 9.17) is 5.11 Å². The summed E-state index contributed by atoms with van der Waals surface area (Å²) in [6.45, 7) is 4.18. The van der Waals surface area contributed by atoms with Crippen LogP contribution in [-0.4, -0.2) is 20.9 Å². The third kappa shape index (κ3) is 2.02. The first-order valence-corrected chi connectivity index (χ1v) is 5.67. The van der Waals surface area contributed by atoms with Crippen molar-refractivity contribution in [2.24, 2.45) is 7.05 Å². The van der Waals surface area contributed by atoms with Gasteiger partial charge in [-0.25, -0.2) is 0 Å². The first-order chi connectivity index (χ1) is 8.00. The molecule has 0 amide bonds. The maximum atomic E-state index is 10.8. The van der Waals surface area contributed by atoms with Crippen molar-refractivity contribution < 1.29 is 9.90 Å². The van der Waals surface area contributed by atoms with E-state index in [1.807, 2.05) is 25.2 Å². The van der Waals surface area contributed by atoms with Crippen molar-refractivity contribution in [3.63, 3.8) is 0 Å². The zero-order valence-corrected chi connectivity index (χ0v) is 10.3. The number of aliphatic carboxylic acids is 1. The van der Waals surface area contributed by atoms with Crippen molar-refractivity contribution in [2.75, 3.05) is 0 Å². The lowest BCUT2D eigenvalue weighted by atomic mass is 10.0. The summed E-state index contributed by atoms with van der Waals surface area (Å²) >= 11 is 0. The number of carboxylic acids is 1. The molecule has 4 nitrogen and oxygen atoms in total. The van der Waals surface area contributed by atoms with Crippen LogP contribution < -0.4 is 0 Å². The molecule has 1 aromatic carbocycles. The van der Waals surface area contributed by atoms with Gasteiger partial charge in [-0.3, -0.25) is 9.48 Å². The number of benzene rings is 1. The average Bonchev–Trinajstić information content (AvgIpc) is 2.56. The SMILES string of the molecule is CC(C)c1nn(C)c2c(CC(=O)O)cccc12. The number of carboxylic acid groups (broad SMARTS) is 1. The van der Waals surface area contributed by atoms with Gasteiger partial charge >= 0.3 is 5.97 Å². The van der Waals surface area contributed by atoms with Crippen molar-refractivity contribution in [3.05, 3.63) is 29.5 Å². The molecule has 17 heavy (non-hydrogen) atoms. The molecule has 0 aliphatic heterocycles. The number of aryl methyl sites for hydroxylation is 1. The molecule has 0 bridgehead atoms. The predicted molar refractivity (Wildman–Crippen MR) is 66.1 cm³/mol. The summed E-state index contributed by atoms with van der Waals surface area (Å²) in [5.41, 5.74) is 2.77. The number of hydrogen-bond donors (Lipinski definition) is 1. The van der Waals surface area contributed by atoms with Gasteiger partial charge in [0.2, 0.25) is 0 Å². The van der Waals surface area contributed by atoms with Crippen LogP contribution in [-0.2, 0) is 18.3 Å². The van der Waals surface area contributed by atoms with Gasteiger partial charge in [0.25, 0.3) is 0 Å². The Morgan fingerprint density at radius 2 is 2.18 bits per heavy atom. The van der Waals surface area contributed by atoms with Gasteiger partial charge in [-0.05, 0) is 11.5 Å². The highest BCUT2D eigenvalue weighted by Gasteiger charge is 2.15. The standard InChI is InChI=1S/C13H16N2O2/c1-8(2)12-10-6-4-5-9(7-11(16)17)13(10)15(3)14-12/h4-6,8H,7H2,1-3H3,(H,16,17). The van der Waals surface area contributed by atoms with Crippen LogP contribution in [0.1, 0.15) is 31.0 Å². The lowest BCUT2D eigenvalue weighted by Gasteiger charge is -2.02. The molecule has 0 saturated heterocycles. The number of carbonyl (C=O) groups is 1. The highest BCUT2D eigenvalue weighted by molar-refractivity contribution is 5.88. The van der Waals surface area contributed by atoms with Crippen molar-refractivity contribution in [2.45, 2.75) is 26.2 Å². The van der Waals surface area contributed by atoms with E-state index in [2.05, 4.69) is 18.9 Å². The van der Waals surface area contributed by atoms with Gasteiger partial charge in [0.15, 0.2) is 0 Å². The van der Waals surface area contributed by atoms with Crippen LogP contribution in [0.3, 0.4) is 0 Å². The fourth-order valence-electron chi connectivity index (χ4n) is 2.18. The quantitative estimate of drug-likeness (QED) is 0.883. The summed E-state index contributed by atoms with van der Waals surface area (Å²) < 4.78 is 1.78. The van der Waals surface area contributed by atoms with E-state index in [-0.39, 0.29) is 6.42 Å². The molecule has 0 radical (unpaired) electrons. The maximum absolute atomic E-state index is 10.8. The molecule has 1 heterocycles. The fourth-order valence-corrected chi connectivity index (χ4v) is 2.18. The van der Waals surface area contributed by atoms with Crippen LogP contribution in [0.2, 0.25) is 0 Å². The third-order valence-corrected chi connectivity index (χ3v) is 2.87. The van der Waals surface area contributed by atoms with E-state index < -0.39 is 5.97 Å². The molecule has 2 aromatic rings. The Kier molecular flexibility index (Phi) is 2.88. The van der Waals surface area contributed by atoms with Crippen LogP contribution in [0.25, 0.3) is 10.9 Å². The van der Waals surface area contributed by atoms with Gasteiger partial charge in [-0.1, -0.05) is 32.0 Å². The summed E-state index contributed by atoms with van der Waals surface area (Å²) in [6, 6.07) is 5.75. The monoisotopic (exact) mass is 232 g/mol. The Hall–Kier alpha value is -1.84. The Morgan fingerprint density at radius 3 is 2.76 bits per heavy atom. The molecule has 0 aliphatic rings. The molecule has 1 aromatic heterocycles. The lowest BCUT2D eigenvalue weighted by molar-refractivity contribution is -0.136. The number of aromatic nitrogens is 2. The molecule has 2 rings (SSSR count). The van der Waals surface area contributed by atoms with Gasteiger partial charge in [-0.2, -0.15) is 5.10 Å². The molecule has 0 fully saturated rings. The molecule has 0 unspecified atom stereocenters. The fraction of sp³-hybridized carbons (Fsp3) is 0.385. The van der Waals surface area contributed by atoms with Crippen LogP contribution in [0.4, 0.5) is 0 Å². The molecule has 90 valence electrons. The normalized spacial score (nSPS) is 11.3. The average molecular weight is 232 g/mol. The number of rotatable bonds is 3. The predicted octanol–water partition coefficient (Wildman–Crippen LogP) is 2.32. The topological polar surface area (TPSA) is 55.1 Å². The second-order valence-electron chi connectivity index (χ2n) is 4.55. The number of para-hydroxylation sites is 1. The van der Waals surface area contributed by atoms with E-state index in [0.29, 0.717) is 5.92 Å². The highest BCUT2D eigenvalue weighted by atomic mass is 16.4. The zero-order valence-electron chi connectivity index (χ0n) is 10.3. The Balaban J connectivity index is 2.68. The summed E-state index contributed by atoms with van der Waals surface area (Å²) in [5.74, 6) is -0.483. The van der Waals surface area contributed by atoms with Crippen LogP contribution in [0.15, 0.2) is 18.2 Å². The summed E-state index contributed by atoms with van der Waals surface area (Å²) in [6.07, 6.45) is 0.0361. The number of hydrogen-bond acceptors (Lipinski definition) is 2. The molecule has 0 aliphatic carbocycles. The number of nitrogens with zero attached hydrogens (tertiary/aromatic N) is 2.